The van der Waals surface area contributed by atoms with E-state index in [1.165, 1.54) is 37.8 Å². The van der Waals surface area contributed by atoms with Crippen molar-refractivity contribution in [3.8, 4) is 5.69 Å². The number of aromatic nitrogens is 2. The summed E-state index contributed by atoms with van der Waals surface area (Å²) in [4.78, 5) is 12.7. The highest BCUT2D eigenvalue weighted by Gasteiger charge is 2.22. The fourth-order valence-electron chi connectivity index (χ4n) is 3.49. The van der Waals surface area contributed by atoms with Crippen LogP contribution in [0.4, 0.5) is 4.39 Å². The summed E-state index contributed by atoms with van der Waals surface area (Å²) in [5.74, 6) is -0.336. The zero-order valence-corrected chi connectivity index (χ0v) is 14.3. The summed E-state index contributed by atoms with van der Waals surface area (Å²) in [6.45, 7) is 3.72. The smallest absolute Gasteiger partial charge is 0.255 e. The Kier molecular flexibility index (Phi) is 4.97. The molecule has 1 aromatic heterocycles. The van der Waals surface area contributed by atoms with Crippen LogP contribution in [0.25, 0.3) is 5.69 Å². The topological polar surface area (TPSA) is 46.9 Å². The van der Waals surface area contributed by atoms with E-state index in [0.717, 1.165) is 24.2 Å². The molecular formula is C19H24FN3O. The first-order valence-electron chi connectivity index (χ1n) is 8.69. The van der Waals surface area contributed by atoms with Gasteiger partial charge in [0.25, 0.3) is 5.91 Å². The van der Waals surface area contributed by atoms with E-state index in [2.05, 4.69) is 10.4 Å². The minimum atomic E-state index is -0.286. The molecule has 1 amide bonds. The van der Waals surface area contributed by atoms with Crippen LogP contribution in [0.2, 0.25) is 0 Å². The normalized spacial score (nSPS) is 16.0. The van der Waals surface area contributed by atoms with Crippen LogP contribution in [0.15, 0.2) is 24.3 Å². The number of halogens is 1. The van der Waals surface area contributed by atoms with Gasteiger partial charge in [0.1, 0.15) is 5.82 Å². The molecule has 1 aliphatic rings. The second kappa shape index (κ2) is 7.16. The third-order valence-electron chi connectivity index (χ3n) is 4.78. The van der Waals surface area contributed by atoms with Crippen LogP contribution in [0.3, 0.4) is 0 Å². The molecule has 0 aliphatic heterocycles. The van der Waals surface area contributed by atoms with Gasteiger partial charge in [0, 0.05) is 6.04 Å². The van der Waals surface area contributed by atoms with Gasteiger partial charge < -0.3 is 5.32 Å². The molecule has 0 atom stereocenters. The van der Waals surface area contributed by atoms with Crippen LogP contribution in [-0.4, -0.2) is 21.7 Å². The average molecular weight is 329 g/mol. The number of benzene rings is 1. The summed E-state index contributed by atoms with van der Waals surface area (Å²) < 4.78 is 14.8. The van der Waals surface area contributed by atoms with E-state index in [1.807, 2.05) is 13.8 Å². The number of hydrogen-bond donors (Lipinski definition) is 1. The van der Waals surface area contributed by atoms with Gasteiger partial charge in [-0.1, -0.05) is 25.7 Å². The van der Waals surface area contributed by atoms with E-state index >= 15 is 0 Å². The first-order chi connectivity index (χ1) is 11.6. The summed E-state index contributed by atoms with van der Waals surface area (Å²) in [7, 11) is 0. The van der Waals surface area contributed by atoms with Crippen LogP contribution in [0.5, 0.6) is 0 Å². The molecule has 0 bridgehead atoms. The maximum atomic E-state index is 13.1. The number of aryl methyl sites for hydroxylation is 1. The molecule has 1 fully saturated rings. The van der Waals surface area contributed by atoms with Crippen molar-refractivity contribution in [2.75, 3.05) is 0 Å². The van der Waals surface area contributed by atoms with Gasteiger partial charge in [-0.15, -0.1) is 0 Å². The van der Waals surface area contributed by atoms with E-state index in [4.69, 9.17) is 0 Å². The van der Waals surface area contributed by atoms with Crippen molar-refractivity contribution in [1.82, 2.24) is 15.1 Å². The highest BCUT2D eigenvalue weighted by atomic mass is 19.1. The van der Waals surface area contributed by atoms with Gasteiger partial charge in [-0.05, 0) is 51.0 Å². The third kappa shape index (κ3) is 3.50. The zero-order chi connectivity index (χ0) is 17.1. The standard InChI is InChI=1S/C19H24FN3O/c1-13-18(19(24)21-16-7-5-3-4-6-8-16)14(2)23(22-13)17-11-9-15(20)10-12-17/h9-12,16H,3-8H2,1-2H3,(H,21,24). The van der Waals surface area contributed by atoms with Gasteiger partial charge in [0.05, 0.1) is 22.6 Å². The molecule has 5 heteroatoms. The van der Waals surface area contributed by atoms with Gasteiger partial charge in [0.2, 0.25) is 0 Å². The number of nitrogens with one attached hydrogen (secondary N) is 1. The predicted molar refractivity (Wildman–Crippen MR) is 92.0 cm³/mol. The lowest BCUT2D eigenvalue weighted by molar-refractivity contribution is 0.0932. The van der Waals surface area contributed by atoms with Crippen molar-refractivity contribution in [3.05, 3.63) is 47.0 Å². The molecule has 0 spiro atoms. The number of rotatable bonds is 3. The number of nitrogens with zero attached hydrogens (tertiary/aromatic N) is 2. The SMILES string of the molecule is Cc1nn(-c2ccc(F)cc2)c(C)c1C(=O)NC1CCCCCC1. The lowest BCUT2D eigenvalue weighted by Gasteiger charge is -2.16. The maximum absolute atomic E-state index is 13.1. The predicted octanol–water partition coefficient (Wildman–Crippen LogP) is 4.08. The molecule has 128 valence electrons. The zero-order valence-electron chi connectivity index (χ0n) is 14.3. The lowest BCUT2D eigenvalue weighted by Crippen LogP contribution is -2.35. The summed E-state index contributed by atoms with van der Waals surface area (Å²) in [5.41, 5.74) is 2.86. The minimum Gasteiger partial charge on any atom is -0.349 e. The fourth-order valence-corrected chi connectivity index (χ4v) is 3.49. The van der Waals surface area contributed by atoms with Gasteiger partial charge in [-0.25, -0.2) is 9.07 Å². The molecule has 1 aromatic carbocycles. The molecule has 3 rings (SSSR count). The monoisotopic (exact) mass is 329 g/mol. The second-order valence-corrected chi connectivity index (χ2v) is 6.60. The maximum Gasteiger partial charge on any atom is 0.255 e. The Balaban J connectivity index is 1.82. The highest BCUT2D eigenvalue weighted by Crippen LogP contribution is 2.21. The van der Waals surface area contributed by atoms with Crippen LogP contribution in [-0.2, 0) is 0 Å². The fraction of sp³-hybridized carbons (Fsp3) is 0.474. The van der Waals surface area contributed by atoms with E-state index < -0.39 is 0 Å². The average Bonchev–Trinajstić information content (AvgIpc) is 2.73. The van der Waals surface area contributed by atoms with Crippen molar-refractivity contribution >= 4 is 5.91 Å². The van der Waals surface area contributed by atoms with Crippen molar-refractivity contribution in [1.29, 1.82) is 0 Å². The molecule has 0 unspecified atom stereocenters. The Labute approximate surface area is 142 Å². The van der Waals surface area contributed by atoms with E-state index in [-0.39, 0.29) is 17.8 Å². The minimum absolute atomic E-state index is 0.0507. The van der Waals surface area contributed by atoms with Crippen molar-refractivity contribution in [2.45, 2.75) is 58.4 Å². The first kappa shape index (κ1) is 16.7. The third-order valence-corrected chi connectivity index (χ3v) is 4.78. The van der Waals surface area contributed by atoms with Crippen LogP contribution in [0.1, 0.15) is 60.3 Å². The molecule has 1 heterocycles. The Morgan fingerprint density at radius 3 is 2.38 bits per heavy atom. The molecule has 0 saturated heterocycles. The molecule has 1 aliphatic carbocycles. The Bertz CT molecular complexity index is 713. The van der Waals surface area contributed by atoms with Gasteiger partial charge in [-0.3, -0.25) is 4.79 Å². The summed E-state index contributed by atoms with van der Waals surface area (Å²) in [5, 5.41) is 7.65. The van der Waals surface area contributed by atoms with Gasteiger partial charge in [0.15, 0.2) is 0 Å². The molecule has 24 heavy (non-hydrogen) atoms. The number of carbonyl (C=O) groups excluding carboxylic acids is 1. The lowest BCUT2D eigenvalue weighted by atomic mass is 10.1. The number of carbonyl (C=O) groups is 1. The largest absolute Gasteiger partial charge is 0.349 e. The van der Waals surface area contributed by atoms with Crippen LogP contribution >= 0.6 is 0 Å². The number of amides is 1. The Morgan fingerprint density at radius 1 is 1.12 bits per heavy atom. The molecule has 1 N–H and O–H groups in total. The molecule has 2 aromatic rings. The van der Waals surface area contributed by atoms with Gasteiger partial charge >= 0.3 is 0 Å². The highest BCUT2D eigenvalue weighted by molar-refractivity contribution is 5.96. The summed E-state index contributed by atoms with van der Waals surface area (Å²) in [6.07, 6.45) is 6.97. The van der Waals surface area contributed by atoms with E-state index in [0.29, 0.717) is 11.3 Å². The van der Waals surface area contributed by atoms with Crippen molar-refractivity contribution < 1.29 is 9.18 Å². The quantitative estimate of drug-likeness (QED) is 0.863. The first-order valence-corrected chi connectivity index (χ1v) is 8.69. The number of hydrogen-bond acceptors (Lipinski definition) is 2. The molecule has 0 radical (unpaired) electrons. The second-order valence-electron chi connectivity index (χ2n) is 6.60. The summed E-state index contributed by atoms with van der Waals surface area (Å²) >= 11 is 0. The Morgan fingerprint density at radius 2 is 1.75 bits per heavy atom. The van der Waals surface area contributed by atoms with Crippen molar-refractivity contribution in [3.63, 3.8) is 0 Å². The van der Waals surface area contributed by atoms with Crippen LogP contribution < -0.4 is 5.32 Å². The Hall–Kier alpha value is -2.17. The molecular weight excluding hydrogens is 305 g/mol. The summed E-state index contributed by atoms with van der Waals surface area (Å²) in [6, 6.07) is 6.39. The van der Waals surface area contributed by atoms with Gasteiger partial charge in [-0.2, -0.15) is 5.10 Å². The van der Waals surface area contributed by atoms with Crippen LogP contribution in [0, 0.1) is 19.7 Å². The molecule has 4 nitrogen and oxygen atoms in total. The van der Waals surface area contributed by atoms with E-state index in [1.54, 1.807) is 16.8 Å². The van der Waals surface area contributed by atoms with Crippen molar-refractivity contribution in [2.24, 2.45) is 0 Å². The molecule has 1 saturated carbocycles. The van der Waals surface area contributed by atoms with E-state index in [9.17, 15) is 9.18 Å².